The molecule has 1 unspecified atom stereocenters. The standard InChI is InChI=1S/C10H14ClN3O/c1-6(5-12)14-9-3-2-7(11)4-8(9)10(13)15/h2-4,6,14H,5,12H2,1H3,(H2,13,15). The quantitative estimate of drug-likeness (QED) is 0.723. The first-order chi connectivity index (χ1) is 7.04. The summed E-state index contributed by atoms with van der Waals surface area (Å²) in [4.78, 5) is 11.1. The summed E-state index contributed by atoms with van der Waals surface area (Å²) >= 11 is 5.77. The van der Waals surface area contributed by atoms with Gasteiger partial charge in [0.2, 0.25) is 0 Å². The molecule has 0 spiro atoms. The first-order valence-corrected chi connectivity index (χ1v) is 4.98. The number of benzene rings is 1. The van der Waals surface area contributed by atoms with Crippen molar-refractivity contribution >= 4 is 23.2 Å². The van der Waals surface area contributed by atoms with Gasteiger partial charge in [0.05, 0.1) is 5.56 Å². The maximum absolute atomic E-state index is 11.1. The van der Waals surface area contributed by atoms with Crippen LogP contribution >= 0.6 is 11.6 Å². The number of rotatable bonds is 4. The van der Waals surface area contributed by atoms with E-state index < -0.39 is 5.91 Å². The first-order valence-electron chi connectivity index (χ1n) is 4.60. The van der Waals surface area contributed by atoms with E-state index in [0.29, 0.717) is 22.8 Å². The summed E-state index contributed by atoms with van der Waals surface area (Å²) in [5.74, 6) is -0.510. The topological polar surface area (TPSA) is 81.1 Å². The van der Waals surface area contributed by atoms with Gasteiger partial charge in [-0.25, -0.2) is 0 Å². The Balaban J connectivity index is 3.01. The van der Waals surface area contributed by atoms with Gasteiger partial charge < -0.3 is 16.8 Å². The average molecular weight is 228 g/mol. The van der Waals surface area contributed by atoms with Crippen molar-refractivity contribution in [3.8, 4) is 0 Å². The molecular weight excluding hydrogens is 214 g/mol. The molecule has 1 amide bonds. The monoisotopic (exact) mass is 227 g/mol. The van der Waals surface area contributed by atoms with Crippen LogP contribution in [0.3, 0.4) is 0 Å². The van der Waals surface area contributed by atoms with Crippen molar-refractivity contribution in [1.29, 1.82) is 0 Å². The zero-order valence-corrected chi connectivity index (χ0v) is 9.21. The van der Waals surface area contributed by atoms with Gasteiger partial charge in [-0.3, -0.25) is 4.79 Å². The summed E-state index contributed by atoms with van der Waals surface area (Å²) in [6.45, 7) is 2.39. The fourth-order valence-corrected chi connectivity index (χ4v) is 1.34. The molecule has 0 heterocycles. The Morgan fingerprint density at radius 1 is 1.60 bits per heavy atom. The Morgan fingerprint density at radius 2 is 2.27 bits per heavy atom. The third kappa shape index (κ3) is 3.11. The molecule has 5 N–H and O–H groups in total. The number of carbonyl (C=O) groups is 1. The van der Waals surface area contributed by atoms with Crippen molar-refractivity contribution in [2.24, 2.45) is 11.5 Å². The van der Waals surface area contributed by atoms with Crippen LogP contribution < -0.4 is 16.8 Å². The molecule has 1 atom stereocenters. The first kappa shape index (κ1) is 11.8. The largest absolute Gasteiger partial charge is 0.381 e. The van der Waals surface area contributed by atoms with Gasteiger partial charge in [-0.05, 0) is 25.1 Å². The molecule has 0 aliphatic rings. The van der Waals surface area contributed by atoms with Crippen molar-refractivity contribution in [2.45, 2.75) is 13.0 Å². The number of amides is 1. The summed E-state index contributed by atoms with van der Waals surface area (Å²) in [5, 5.41) is 3.57. The minimum absolute atomic E-state index is 0.0734. The van der Waals surface area contributed by atoms with Gasteiger partial charge in [0.1, 0.15) is 0 Å². The normalized spacial score (nSPS) is 12.2. The summed E-state index contributed by atoms with van der Waals surface area (Å²) in [5.41, 5.74) is 11.7. The number of hydrogen-bond donors (Lipinski definition) is 3. The molecule has 1 rings (SSSR count). The molecule has 0 aliphatic carbocycles. The number of halogens is 1. The molecule has 5 heteroatoms. The second kappa shape index (κ2) is 5.00. The van der Waals surface area contributed by atoms with E-state index in [4.69, 9.17) is 23.1 Å². The van der Waals surface area contributed by atoms with Crippen molar-refractivity contribution in [1.82, 2.24) is 0 Å². The lowest BCUT2D eigenvalue weighted by atomic mass is 10.1. The van der Waals surface area contributed by atoms with Gasteiger partial charge in [0, 0.05) is 23.3 Å². The number of anilines is 1. The highest BCUT2D eigenvalue weighted by Gasteiger charge is 2.10. The molecular formula is C10H14ClN3O. The lowest BCUT2D eigenvalue weighted by molar-refractivity contribution is 0.100. The van der Waals surface area contributed by atoms with Crippen LogP contribution in [0.1, 0.15) is 17.3 Å². The minimum atomic E-state index is -0.510. The molecule has 0 fully saturated rings. The molecule has 0 saturated carbocycles. The van der Waals surface area contributed by atoms with E-state index in [-0.39, 0.29) is 6.04 Å². The smallest absolute Gasteiger partial charge is 0.250 e. The van der Waals surface area contributed by atoms with Crippen LogP contribution in [0.15, 0.2) is 18.2 Å². The zero-order chi connectivity index (χ0) is 11.4. The minimum Gasteiger partial charge on any atom is -0.381 e. The maximum atomic E-state index is 11.1. The predicted molar refractivity (Wildman–Crippen MR) is 62.1 cm³/mol. The average Bonchev–Trinajstić information content (AvgIpc) is 2.20. The number of primary amides is 1. The Morgan fingerprint density at radius 3 is 2.80 bits per heavy atom. The van der Waals surface area contributed by atoms with Gasteiger partial charge in [-0.2, -0.15) is 0 Å². The van der Waals surface area contributed by atoms with E-state index in [2.05, 4.69) is 5.32 Å². The van der Waals surface area contributed by atoms with Gasteiger partial charge in [-0.1, -0.05) is 11.6 Å². The molecule has 15 heavy (non-hydrogen) atoms. The number of nitrogens with two attached hydrogens (primary N) is 2. The van der Waals surface area contributed by atoms with Crippen LogP contribution in [-0.4, -0.2) is 18.5 Å². The van der Waals surface area contributed by atoms with Crippen LogP contribution in [-0.2, 0) is 0 Å². The third-order valence-electron chi connectivity index (χ3n) is 2.00. The van der Waals surface area contributed by atoms with Crippen LogP contribution in [0.25, 0.3) is 0 Å². The SMILES string of the molecule is CC(CN)Nc1ccc(Cl)cc1C(N)=O. The van der Waals surface area contributed by atoms with E-state index in [1.54, 1.807) is 12.1 Å². The van der Waals surface area contributed by atoms with E-state index in [1.165, 1.54) is 6.07 Å². The fraction of sp³-hybridized carbons (Fsp3) is 0.300. The lowest BCUT2D eigenvalue weighted by Gasteiger charge is -2.15. The highest BCUT2D eigenvalue weighted by molar-refractivity contribution is 6.31. The predicted octanol–water partition coefficient (Wildman–Crippen LogP) is 1.20. The van der Waals surface area contributed by atoms with Gasteiger partial charge in [-0.15, -0.1) is 0 Å². The van der Waals surface area contributed by atoms with Crippen molar-refractivity contribution < 1.29 is 4.79 Å². The number of carbonyl (C=O) groups excluding carboxylic acids is 1. The van der Waals surface area contributed by atoms with E-state index in [9.17, 15) is 4.79 Å². The third-order valence-corrected chi connectivity index (χ3v) is 2.24. The highest BCUT2D eigenvalue weighted by Crippen LogP contribution is 2.20. The van der Waals surface area contributed by atoms with E-state index in [0.717, 1.165) is 0 Å². The molecule has 82 valence electrons. The van der Waals surface area contributed by atoms with Crippen molar-refractivity contribution in [3.63, 3.8) is 0 Å². The van der Waals surface area contributed by atoms with Crippen molar-refractivity contribution in [2.75, 3.05) is 11.9 Å². The number of hydrogen-bond acceptors (Lipinski definition) is 3. The lowest BCUT2D eigenvalue weighted by Crippen LogP contribution is -2.26. The van der Waals surface area contributed by atoms with Gasteiger partial charge >= 0.3 is 0 Å². The summed E-state index contributed by atoms with van der Waals surface area (Å²) in [6, 6.07) is 5.02. The fourth-order valence-electron chi connectivity index (χ4n) is 1.17. The Bertz CT molecular complexity index is 368. The Hall–Kier alpha value is -1.26. The van der Waals surface area contributed by atoms with E-state index in [1.807, 2.05) is 6.92 Å². The number of nitrogens with one attached hydrogen (secondary N) is 1. The molecule has 0 saturated heterocycles. The second-order valence-electron chi connectivity index (χ2n) is 3.34. The second-order valence-corrected chi connectivity index (χ2v) is 3.77. The maximum Gasteiger partial charge on any atom is 0.250 e. The van der Waals surface area contributed by atoms with Crippen LogP contribution in [0, 0.1) is 0 Å². The molecule has 0 radical (unpaired) electrons. The van der Waals surface area contributed by atoms with Crippen molar-refractivity contribution in [3.05, 3.63) is 28.8 Å². The van der Waals surface area contributed by atoms with Crippen LogP contribution in [0.4, 0.5) is 5.69 Å². The molecule has 1 aromatic rings. The summed E-state index contributed by atoms with van der Waals surface area (Å²) in [7, 11) is 0. The Labute approximate surface area is 93.6 Å². The molecule has 0 aromatic heterocycles. The Kier molecular flexibility index (Phi) is 3.94. The summed E-state index contributed by atoms with van der Waals surface area (Å²) < 4.78 is 0. The molecule has 1 aromatic carbocycles. The highest BCUT2D eigenvalue weighted by atomic mass is 35.5. The van der Waals surface area contributed by atoms with Gasteiger partial charge in [0.15, 0.2) is 0 Å². The molecule has 0 aliphatic heterocycles. The zero-order valence-electron chi connectivity index (χ0n) is 8.46. The molecule has 0 bridgehead atoms. The van der Waals surface area contributed by atoms with E-state index >= 15 is 0 Å². The molecule has 4 nitrogen and oxygen atoms in total. The summed E-state index contributed by atoms with van der Waals surface area (Å²) in [6.07, 6.45) is 0. The van der Waals surface area contributed by atoms with Crippen LogP contribution in [0.5, 0.6) is 0 Å². The van der Waals surface area contributed by atoms with Crippen LogP contribution in [0.2, 0.25) is 5.02 Å². The van der Waals surface area contributed by atoms with Gasteiger partial charge in [0.25, 0.3) is 5.91 Å².